The van der Waals surface area contributed by atoms with Crippen molar-refractivity contribution >= 4 is 5.91 Å². The first kappa shape index (κ1) is 70.1. The molecule has 1 aliphatic rings. The maximum Gasteiger partial charge on any atom is 0.220 e. The molecule has 1 fully saturated rings. The molecular weight excluding hydrogens is 947 g/mol. The lowest BCUT2D eigenvalue weighted by molar-refractivity contribution is -0.302. The van der Waals surface area contributed by atoms with Gasteiger partial charge < -0.3 is 40.3 Å². The largest absolute Gasteiger partial charge is 0.394 e. The Kier molecular flexibility index (Phi) is 50.2. The fraction of sp³-hybridized carbons (Fsp3) is 0.627. The van der Waals surface area contributed by atoms with Crippen molar-refractivity contribution in [2.45, 2.75) is 256 Å². The van der Waals surface area contributed by atoms with Crippen molar-refractivity contribution in [3.05, 3.63) is 146 Å². The number of amides is 1. The molecule has 1 heterocycles. The van der Waals surface area contributed by atoms with Gasteiger partial charge in [-0.15, -0.1) is 0 Å². The number of carbonyl (C=O) groups excluding carboxylic acids is 1. The fourth-order valence-electron chi connectivity index (χ4n) is 8.41. The predicted octanol–water partition coefficient (Wildman–Crippen LogP) is 15.5. The first-order valence-electron chi connectivity index (χ1n) is 30.1. The van der Waals surface area contributed by atoms with Crippen LogP contribution in [0, 0.1) is 0 Å². The van der Waals surface area contributed by atoms with Gasteiger partial charge in [-0.3, -0.25) is 4.79 Å². The zero-order valence-corrected chi connectivity index (χ0v) is 47.7. The third-order valence-corrected chi connectivity index (χ3v) is 13.1. The maximum atomic E-state index is 13.1. The van der Waals surface area contributed by atoms with Crippen molar-refractivity contribution < 1.29 is 39.8 Å². The molecule has 0 bridgehead atoms. The topological polar surface area (TPSA) is 149 Å². The molecule has 6 N–H and O–H groups in total. The van der Waals surface area contributed by atoms with Crippen LogP contribution in [0.15, 0.2) is 146 Å². The van der Waals surface area contributed by atoms with Gasteiger partial charge in [-0.2, -0.15) is 0 Å². The molecule has 9 heteroatoms. The highest BCUT2D eigenvalue weighted by Gasteiger charge is 2.44. The van der Waals surface area contributed by atoms with Crippen LogP contribution >= 0.6 is 0 Å². The average Bonchev–Trinajstić information content (AvgIpc) is 3.42. The summed E-state index contributed by atoms with van der Waals surface area (Å²) in [6.45, 7) is 3.61. The molecule has 0 radical (unpaired) electrons. The Morgan fingerprint density at radius 1 is 0.461 bits per heavy atom. The monoisotopic (exact) mass is 1060 g/mol. The summed E-state index contributed by atoms with van der Waals surface area (Å²) < 4.78 is 11.2. The molecule has 1 amide bonds. The second-order valence-corrected chi connectivity index (χ2v) is 20.0. The summed E-state index contributed by atoms with van der Waals surface area (Å²) in [4.78, 5) is 13.1. The van der Waals surface area contributed by atoms with E-state index < -0.39 is 49.5 Å². The maximum absolute atomic E-state index is 13.1. The third-order valence-electron chi connectivity index (χ3n) is 13.1. The Balaban J connectivity index is 2.20. The van der Waals surface area contributed by atoms with Gasteiger partial charge in [-0.05, 0) is 116 Å². The summed E-state index contributed by atoms with van der Waals surface area (Å²) in [5, 5.41) is 54.4. The highest BCUT2D eigenvalue weighted by Crippen LogP contribution is 2.23. The third kappa shape index (κ3) is 43.1. The number of ether oxygens (including phenoxy) is 2. The highest BCUT2D eigenvalue weighted by atomic mass is 16.7. The average molecular weight is 1060 g/mol. The van der Waals surface area contributed by atoms with Crippen molar-refractivity contribution in [2.24, 2.45) is 0 Å². The van der Waals surface area contributed by atoms with Gasteiger partial charge in [-0.25, -0.2) is 0 Å². The summed E-state index contributed by atoms with van der Waals surface area (Å²) in [6, 6.07) is -0.842. The molecule has 0 aromatic rings. The van der Waals surface area contributed by atoms with Crippen LogP contribution in [0.5, 0.6) is 0 Å². The van der Waals surface area contributed by atoms with Crippen molar-refractivity contribution in [2.75, 3.05) is 13.2 Å². The van der Waals surface area contributed by atoms with Gasteiger partial charge >= 0.3 is 0 Å². The Morgan fingerprint density at radius 2 is 0.829 bits per heavy atom. The van der Waals surface area contributed by atoms with E-state index in [1.54, 1.807) is 6.08 Å². The molecule has 1 saturated heterocycles. The molecular formula is C67H109NO8. The van der Waals surface area contributed by atoms with Crippen LogP contribution in [0.1, 0.15) is 213 Å². The van der Waals surface area contributed by atoms with Crippen LogP contribution in [-0.4, -0.2) is 87.5 Å². The van der Waals surface area contributed by atoms with Gasteiger partial charge in [0.1, 0.15) is 24.4 Å². The molecule has 1 aliphatic heterocycles. The minimum absolute atomic E-state index is 0.204. The van der Waals surface area contributed by atoms with E-state index in [-0.39, 0.29) is 12.5 Å². The van der Waals surface area contributed by atoms with E-state index in [0.29, 0.717) is 6.42 Å². The van der Waals surface area contributed by atoms with Crippen LogP contribution in [-0.2, 0) is 14.3 Å². The molecule has 0 aromatic heterocycles. The van der Waals surface area contributed by atoms with E-state index in [2.05, 4.69) is 153 Å². The molecule has 76 heavy (non-hydrogen) atoms. The molecule has 7 atom stereocenters. The second-order valence-electron chi connectivity index (χ2n) is 20.0. The summed E-state index contributed by atoms with van der Waals surface area (Å²) in [6.07, 6.45) is 77.7. The van der Waals surface area contributed by atoms with E-state index in [9.17, 15) is 30.3 Å². The molecule has 0 spiro atoms. The summed E-state index contributed by atoms with van der Waals surface area (Å²) in [5.74, 6) is -0.204. The van der Waals surface area contributed by atoms with Crippen molar-refractivity contribution in [1.82, 2.24) is 5.32 Å². The van der Waals surface area contributed by atoms with Crippen LogP contribution in [0.3, 0.4) is 0 Å². The zero-order valence-electron chi connectivity index (χ0n) is 47.7. The highest BCUT2D eigenvalue weighted by molar-refractivity contribution is 5.76. The van der Waals surface area contributed by atoms with Crippen LogP contribution in [0.2, 0.25) is 0 Å². The summed E-state index contributed by atoms with van der Waals surface area (Å²) in [5.41, 5.74) is 0. The van der Waals surface area contributed by atoms with Gasteiger partial charge in [0.05, 0.1) is 25.4 Å². The van der Waals surface area contributed by atoms with Crippen LogP contribution < -0.4 is 5.32 Å². The quantitative estimate of drug-likeness (QED) is 0.0261. The number of hydrogen-bond acceptors (Lipinski definition) is 8. The molecule has 7 unspecified atom stereocenters. The Bertz CT molecular complexity index is 1700. The number of nitrogens with one attached hydrogen (secondary N) is 1. The number of carbonyl (C=O) groups is 1. The van der Waals surface area contributed by atoms with Crippen LogP contribution in [0.4, 0.5) is 0 Å². The SMILES string of the molecule is CC/C=C\C/C=C\C/C=C\C/C=C\C/C=C\C/C=C\C/C=C\C/C=C\C/C=C\CCCCCCCCCCCC(=O)NC(COC1OC(CO)C(O)C(O)C1O)C(O)/C=C/CC/C=C/CC/C=C/CCCCCCCC. The van der Waals surface area contributed by atoms with Crippen molar-refractivity contribution in [3.63, 3.8) is 0 Å². The van der Waals surface area contributed by atoms with Gasteiger partial charge in [0.2, 0.25) is 5.91 Å². The van der Waals surface area contributed by atoms with Gasteiger partial charge in [-0.1, -0.05) is 237 Å². The standard InChI is InChI=1S/C67H109NO8/c1-3-5-7-9-11-13-15-17-19-21-22-23-24-25-26-27-28-29-30-31-32-33-34-35-36-37-38-39-40-41-43-45-47-49-51-53-55-57-63(71)68-60(59-75-67-66(74)65(73)64(72)62(58-69)76-67)61(70)56-54-52-50-48-46-44-42-20-18-16-14-12-10-8-6-4-2/h5,7,11,13,17-20,22-23,25-26,28-29,31-32,34-35,37-38,46,48,54,56,60-62,64-67,69-70,72-74H,3-4,6,8-10,12,14-16,21,24,27,30,33,36,39-45,47,49-53,55,57-59H2,1-2H3,(H,68,71)/b7-5-,13-11-,19-17-,20-18+,23-22-,26-25-,29-28-,32-31-,35-34-,38-37-,48-46+,56-54+. The molecule has 9 nitrogen and oxygen atoms in total. The molecule has 0 aromatic carbocycles. The number of rotatable bonds is 49. The minimum Gasteiger partial charge on any atom is -0.394 e. The van der Waals surface area contributed by atoms with E-state index in [1.165, 1.54) is 70.6 Å². The van der Waals surface area contributed by atoms with Gasteiger partial charge in [0.25, 0.3) is 0 Å². The Hall–Kier alpha value is -3.93. The first-order valence-corrected chi connectivity index (χ1v) is 30.1. The van der Waals surface area contributed by atoms with E-state index >= 15 is 0 Å². The van der Waals surface area contributed by atoms with E-state index in [1.807, 2.05) is 6.08 Å². The molecule has 0 saturated carbocycles. The molecule has 0 aliphatic carbocycles. The number of hydrogen-bond donors (Lipinski definition) is 6. The molecule has 1 rings (SSSR count). The normalized spacial score (nSPS) is 19.9. The fourth-order valence-corrected chi connectivity index (χ4v) is 8.41. The Labute approximate surface area is 463 Å². The van der Waals surface area contributed by atoms with Gasteiger partial charge in [0.15, 0.2) is 6.29 Å². The predicted molar refractivity (Wildman–Crippen MR) is 322 cm³/mol. The lowest BCUT2D eigenvalue weighted by Gasteiger charge is -2.40. The smallest absolute Gasteiger partial charge is 0.220 e. The Morgan fingerprint density at radius 3 is 1.26 bits per heavy atom. The van der Waals surface area contributed by atoms with Crippen molar-refractivity contribution in [1.29, 1.82) is 0 Å². The summed E-state index contributed by atoms with van der Waals surface area (Å²) in [7, 11) is 0. The lowest BCUT2D eigenvalue weighted by atomic mass is 9.99. The number of unbranched alkanes of at least 4 members (excludes halogenated alkanes) is 17. The van der Waals surface area contributed by atoms with Gasteiger partial charge in [0, 0.05) is 6.42 Å². The number of aliphatic hydroxyl groups excluding tert-OH is 5. The van der Waals surface area contributed by atoms with E-state index in [4.69, 9.17) is 9.47 Å². The zero-order chi connectivity index (χ0) is 55.0. The number of aliphatic hydroxyl groups is 5. The minimum atomic E-state index is -1.58. The lowest BCUT2D eigenvalue weighted by Crippen LogP contribution is -2.60. The summed E-state index contributed by atoms with van der Waals surface area (Å²) >= 11 is 0. The molecule has 430 valence electrons. The number of allylic oxidation sites excluding steroid dienone is 23. The van der Waals surface area contributed by atoms with Crippen LogP contribution in [0.25, 0.3) is 0 Å². The first-order chi connectivity index (χ1) is 37.3. The van der Waals surface area contributed by atoms with Crippen molar-refractivity contribution in [3.8, 4) is 0 Å². The second kappa shape index (κ2) is 54.4. The van der Waals surface area contributed by atoms with E-state index in [0.717, 1.165) is 122 Å².